The fourth-order valence-corrected chi connectivity index (χ4v) is 8.95. The summed E-state index contributed by atoms with van der Waals surface area (Å²) in [5.41, 5.74) is 0.436. The number of ether oxygens (including phenoxy) is 2. The van der Waals surface area contributed by atoms with Gasteiger partial charge in [-0.15, -0.1) is 0 Å². The van der Waals surface area contributed by atoms with Gasteiger partial charge in [-0.05, 0) is 73.7 Å². The molecule has 180 valence electrons. The molecule has 1 aliphatic heterocycles. The molecule has 6 aliphatic rings. The molecular weight excluding hydrogens is 406 g/mol. The summed E-state index contributed by atoms with van der Waals surface area (Å²) >= 11 is 0. The fraction of sp³-hybridized carbons (Fsp3) is 0.885. The van der Waals surface area contributed by atoms with Crippen LogP contribution in [0.2, 0.25) is 0 Å². The summed E-state index contributed by atoms with van der Waals surface area (Å²) in [6, 6.07) is 0. The molecule has 3 unspecified atom stereocenters. The molecule has 1 spiro atoms. The van der Waals surface area contributed by atoms with Crippen LogP contribution >= 0.6 is 0 Å². The molecule has 0 aromatic rings. The lowest BCUT2D eigenvalue weighted by Crippen LogP contribution is -2.70. The number of hydrogen-bond donors (Lipinski definition) is 2. The zero-order chi connectivity index (χ0) is 22.7. The van der Waals surface area contributed by atoms with Gasteiger partial charge < -0.3 is 24.6 Å². The molecule has 2 bridgehead atoms. The van der Waals surface area contributed by atoms with Crippen molar-refractivity contribution in [3.8, 4) is 0 Å². The number of hydrogen-bond acceptors (Lipinski definition) is 5. The predicted molar refractivity (Wildman–Crippen MR) is 121 cm³/mol. The first-order chi connectivity index (χ1) is 15.3. The normalized spacial score (nSPS) is 48.2. The van der Waals surface area contributed by atoms with E-state index in [9.17, 15) is 15.0 Å². The largest absolute Gasteiger partial charge is 0.449 e. The van der Waals surface area contributed by atoms with E-state index in [1.54, 1.807) is 4.90 Å². The maximum Gasteiger partial charge on any atom is 0.409 e. The van der Waals surface area contributed by atoms with Crippen LogP contribution in [0.4, 0.5) is 4.79 Å². The molecule has 0 aromatic carbocycles. The van der Waals surface area contributed by atoms with Gasteiger partial charge in [0.1, 0.15) is 0 Å². The van der Waals surface area contributed by atoms with E-state index in [0.29, 0.717) is 51.2 Å². The number of amides is 1. The summed E-state index contributed by atoms with van der Waals surface area (Å²) in [4.78, 5) is 14.5. The Kier molecular flexibility index (Phi) is 5.66. The Labute approximate surface area is 192 Å². The third-order valence-corrected chi connectivity index (χ3v) is 10.6. The smallest absolute Gasteiger partial charge is 0.409 e. The highest BCUT2D eigenvalue weighted by molar-refractivity contribution is 5.67. The second kappa shape index (κ2) is 7.99. The quantitative estimate of drug-likeness (QED) is 0.644. The van der Waals surface area contributed by atoms with E-state index in [1.807, 2.05) is 0 Å². The summed E-state index contributed by atoms with van der Waals surface area (Å²) in [6.45, 7) is 11.5. The van der Waals surface area contributed by atoms with Gasteiger partial charge in [0.25, 0.3) is 0 Å². The van der Waals surface area contributed by atoms with Crippen molar-refractivity contribution in [2.75, 3.05) is 32.9 Å². The summed E-state index contributed by atoms with van der Waals surface area (Å²) in [7, 11) is 0. The topological polar surface area (TPSA) is 79.2 Å². The highest BCUT2D eigenvalue weighted by atomic mass is 16.6. The monoisotopic (exact) mass is 447 g/mol. The lowest BCUT2D eigenvalue weighted by molar-refractivity contribution is -0.260. The Hall–Kier alpha value is -1.11. The minimum absolute atomic E-state index is 0.0813. The number of rotatable bonds is 3. The van der Waals surface area contributed by atoms with Crippen molar-refractivity contribution in [2.24, 2.45) is 34.0 Å². The third kappa shape index (κ3) is 3.05. The van der Waals surface area contributed by atoms with Gasteiger partial charge in [0, 0.05) is 23.9 Å². The molecule has 6 heteroatoms. The van der Waals surface area contributed by atoms with Gasteiger partial charge in [-0.1, -0.05) is 26.8 Å². The zero-order valence-electron chi connectivity index (χ0n) is 19.9. The number of nitrogens with zero attached hydrogens (tertiary/aromatic N) is 1. The molecule has 1 amide bonds. The second-order valence-electron chi connectivity index (χ2n) is 11.7. The van der Waals surface area contributed by atoms with Crippen molar-refractivity contribution < 1.29 is 24.5 Å². The van der Waals surface area contributed by atoms with Crippen LogP contribution in [0.5, 0.6) is 0 Å². The van der Waals surface area contributed by atoms with E-state index >= 15 is 0 Å². The van der Waals surface area contributed by atoms with Crippen LogP contribution < -0.4 is 0 Å². The van der Waals surface area contributed by atoms with Gasteiger partial charge in [-0.3, -0.25) is 0 Å². The first-order valence-corrected chi connectivity index (χ1v) is 12.8. The molecule has 5 saturated carbocycles. The van der Waals surface area contributed by atoms with E-state index in [4.69, 9.17) is 9.47 Å². The van der Waals surface area contributed by atoms with E-state index < -0.39 is 17.6 Å². The van der Waals surface area contributed by atoms with Gasteiger partial charge in [-0.2, -0.15) is 0 Å². The van der Waals surface area contributed by atoms with Crippen LogP contribution in [0, 0.1) is 34.0 Å². The van der Waals surface area contributed by atoms with Crippen molar-refractivity contribution in [1.82, 2.24) is 4.90 Å². The zero-order valence-corrected chi connectivity index (χ0v) is 19.9. The lowest BCUT2D eigenvalue weighted by atomic mass is 9.34. The van der Waals surface area contributed by atoms with E-state index in [1.165, 1.54) is 0 Å². The molecule has 2 N–H and O–H groups in total. The van der Waals surface area contributed by atoms with E-state index in [0.717, 1.165) is 50.5 Å². The van der Waals surface area contributed by atoms with Crippen LogP contribution in [-0.4, -0.2) is 66.3 Å². The molecule has 6 nitrogen and oxygen atoms in total. The molecule has 32 heavy (non-hydrogen) atoms. The van der Waals surface area contributed by atoms with Gasteiger partial charge in [-0.25, -0.2) is 4.79 Å². The van der Waals surface area contributed by atoms with Crippen molar-refractivity contribution in [3.63, 3.8) is 0 Å². The standard InChI is InChI=1S/C26H41NO5/c1-4-25-8-5-7-24(3,16-32-23(30)27-10-12-31-13-11-27)19(25)15-21(28)26-9-6-18(14-20(25)26)17(2)22(26)29/h18-22,28-29H,2,4-16H2,1,3H3/t18-,19?,20?,21+,22-,24-,25+,26?/m0/s1. The summed E-state index contributed by atoms with van der Waals surface area (Å²) in [5.74, 6) is 0.970. The number of carbonyl (C=O) groups is 1. The molecule has 0 aromatic heterocycles. The van der Waals surface area contributed by atoms with Crippen LogP contribution in [0.25, 0.3) is 0 Å². The second-order valence-corrected chi connectivity index (χ2v) is 11.7. The predicted octanol–water partition coefficient (Wildman–Crippen LogP) is 3.76. The SMILES string of the molecule is C=C1[C@H]2CCC3(C(C2)[C@]2(CC)CCC[C@@](C)(COC(=O)N4CCOCC4)C2C[C@H]3O)[C@H]1O. The number of aliphatic hydroxyl groups excluding tert-OH is 2. The van der Waals surface area contributed by atoms with Gasteiger partial charge in [0.15, 0.2) is 0 Å². The minimum atomic E-state index is -0.591. The molecular formula is C26H41NO5. The summed E-state index contributed by atoms with van der Waals surface area (Å²) in [6.07, 6.45) is 6.64. The van der Waals surface area contributed by atoms with Crippen LogP contribution in [-0.2, 0) is 9.47 Å². The number of carbonyl (C=O) groups excluding carboxylic acids is 1. The van der Waals surface area contributed by atoms with Crippen LogP contribution in [0.3, 0.4) is 0 Å². The van der Waals surface area contributed by atoms with Crippen molar-refractivity contribution in [3.05, 3.63) is 12.2 Å². The average molecular weight is 448 g/mol. The maximum absolute atomic E-state index is 12.7. The molecule has 1 saturated heterocycles. The highest BCUT2D eigenvalue weighted by Crippen LogP contribution is 2.73. The molecule has 6 rings (SSSR count). The Morgan fingerprint density at radius 2 is 1.94 bits per heavy atom. The van der Waals surface area contributed by atoms with Crippen molar-refractivity contribution >= 4 is 6.09 Å². The Morgan fingerprint density at radius 3 is 2.66 bits per heavy atom. The summed E-state index contributed by atoms with van der Waals surface area (Å²) in [5, 5.41) is 22.9. The lowest BCUT2D eigenvalue weighted by Gasteiger charge is -2.71. The minimum Gasteiger partial charge on any atom is -0.449 e. The number of fused-ring (bicyclic) bond motifs is 3. The fourth-order valence-electron chi connectivity index (χ4n) is 8.95. The molecule has 8 atom stereocenters. The molecule has 6 fully saturated rings. The highest BCUT2D eigenvalue weighted by Gasteiger charge is 2.70. The van der Waals surface area contributed by atoms with Gasteiger partial charge in [0.2, 0.25) is 0 Å². The first kappa shape index (κ1) is 22.7. The van der Waals surface area contributed by atoms with E-state index in [2.05, 4.69) is 20.4 Å². The molecule has 5 aliphatic carbocycles. The third-order valence-electron chi connectivity index (χ3n) is 10.6. The molecule has 1 heterocycles. The Bertz CT molecular complexity index is 765. The van der Waals surface area contributed by atoms with Crippen molar-refractivity contribution in [1.29, 1.82) is 0 Å². The Balaban J connectivity index is 1.42. The van der Waals surface area contributed by atoms with Crippen LogP contribution in [0.1, 0.15) is 65.2 Å². The average Bonchev–Trinajstić information content (AvgIpc) is 2.82. The maximum atomic E-state index is 12.7. The van der Waals surface area contributed by atoms with Gasteiger partial charge >= 0.3 is 6.09 Å². The number of morpholine rings is 1. The van der Waals surface area contributed by atoms with Crippen LogP contribution in [0.15, 0.2) is 12.2 Å². The van der Waals surface area contributed by atoms with E-state index in [-0.39, 0.29) is 22.8 Å². The van der Waals surface area contributed by atoms with Crippen molar-refractivity contribution in [2.45, 2.75) is 77.4 Å². The molecule has 0 radical (unpaired) electrons. The first-order valence-electron chi connectivity index (χ1n) is 12.8. The van der Waals surface area contributed by atoms with Gasteiger partial charge in [0.05, 0.1) is 32.0 Å². The Morgan fingerprint density at radius 1 is 1.19 bits per heavy atom. The summed E-state index contributed by atoms with van der Waals surface area (Å²) < 4.78 is 11.3. The number of aliphatic hydroxyl groups is 2.